The van der Waals surface area contributed by atoms with Crippen LogP contribution < -0.4 is 10.6 Å². The Labute approximate surface area is 174 Å². The summed E-state index contributed by atoms with van der Waals surface area (Å²) in [7, 11) is 0. The maximum absolute atomic E-state index is 12.5. The fraction of sp³-hybridized carbons (Fsp3) is 0.174. The third-order valence-electron chi connectivity index (χ3n) is 4.39. The summed E-state index contributed by atoms with van der Waals surface area (Å²) in [5.74, 6) is -0.871. The highest BCUT2D eigenvalue weighted by Crippen LogP contribution is 2.16. The van der Waals surface area contributed by atoms with E-state index in [0.717, 1.165) is 11.1 Å². The van der Waals surface area contributed by atoms with E-state index in [-0.39, 0.29) is 18.0 Å². The zero-order valence-electron chi connectivity index (χ0n) is 16.7. The van der Waals surface area contributed by atoms with Crippen LogP contribution >= 0.6 is 0 Å². The van der Waals surface area contributed by atoms with Crippen molar-refractivity contribution in [3.63, 3.8) is 0 Å². The van der Waals surface area contributed by atoms with Gasteiger partial charge in [0.1, 0.15) is 5.76 Å². The predicted molar refractivity (Wildman–Crippen MR) is 111 cm³/mol. The lowest BCUT2D eigenvalue weighted by Crippen LogP contribution is -2.26. The summed E-state index contributed by atoms with van der Waals surface area (Å²) in [6.45, 7) is 3.50. The number of benzene rings is 2. The number of furan rings is 1. The lowest BCUT2D eigenvalue weighted by Gasteiger charge is -2.12. The molecule has 2 amide bonds. The molecular weight excluding hydrogens is 384 g/mol. The van der Waals surface area contributed by atoms with Gasteiger partial charge in [-0.3, -0.25) is 9.59 Å². The number of rotatable bonds is 7. The third kappa shape index (κ3) is 5.35. The average Bonchev–Trinajstić information content (AvgIpc) is 3.24. The minimum atomic E-state index is -0.577. The van der Waals surface area contributed by atoms with E-state index in [9.17, 15) is 14.4 Å². The third-order valence-corrected chi connectivity index (χ3v) is 4.39. The van der Waals surface area contributed by atoms with E-state index in [1.54, 1.807) is 55.5 Å². The summed E-state index contributed by atoms with van der Waals surface area (Å²) in [6, 6.07) is 15.4. The smallest absolute Gasteiger partial charge is 0.338 e. The molecule has 0 bridgehead atoms. The van der Waals surface area contributed by atoms with Crippen molar-refractivity contribution < 1.29 is 23.5 Å². The van der Waals surface area contributed by atoms with Gasteiger partial charge in [0.25, 0.3) is 11.8 Å². The van der Waals surface area contributed by atoms with Crippen molar-refractivity contribution in [1.82, 2.24) is 5.32 Å². The molecule has 0 saturated heterocycles. The van der Waals surface area contributed by atoms with Crippen molar-refractivity contribution in [2.45, 2.75) is 20.4 Å². The van der Waals surface area contributed by atoms with E-state index in [0.29, 0.717) is 17.0 Å². The van der Waals surface area contributed by atoms with E-state index in [1.165, 1.54) is 6.26 Å². The largest absolute Gasteiger partial charge is 0.467 e. The lowest BCUT2D eigenvalue weighted by molar-refractivity contribution is -0.119. The van der Waals surface area contributed by atoms with Gasteiger partial charge in [0.05, 0.1) is 29.6 Å². The zero-order chi connectivity index (χ0) is 21.5. The summed E-state index contributed by atoms with van der Waals surface area (Å²) < 4.78 is 10.3. The topological polar surface area (TPSA) is 97.6 Å². The highest BCUT2D eigenvalue weighted by molar-refractivity contribution is 6.04. The molecule has 0 spiro atoms. The number of para-hydroxylation sites is 1. The number of aryl methyl sites for hydroxylation is 2. The van der Waals surface area contributed by atoms with Crippen molar-refractivity contribution in [1.29, 1.82) is 0 Å². The van der Waals surface area contributed by atoms with Crippen LogP contribution in [0, 0.1) is 13.8 Å². The molecule has 30 heavy (non-hydrogen) atoms. The minimum Gasteiger partial charge on any atom is -0.467 e. The maximum Gasteiger partial charge on any atom is 0.338 e. The first-order valence-corrected chi connectivity index (χ1v) is 9.38. The lowest BCUT2D eigenvalue weighted by atomic mass is 10.1. The molecule has 7 nitrogen and oxygen atoms in total. The van der Waals surface area contributed by atoms with E-state index in [2.05, 4.69) is 10.6 Å². The Balaban J connectivity index is 1.58. The number of ether oxygens (including phenoxy) is 1. The molecule has 154 valence electrons. The maximum atomic E-state index is 12.5. The van der Waals surface area contributed by atoms with Gasteiger partial charge < -0.3 is 19.8 Å². The Morgan fingerprint density at radius 3 is 2.50 bits per heavy atom. The van der Waals surface area contributed by atoms with Crippen LogP contribution in [-0.4, -0.2) is 24.4 Å². The van der Waals surface area contributed by atoms with Gasteiger partial charge in [0.15, 0.2) is 6.61 Å². The number of carbonyl (C=O) groups excluding carboxylic acids is 3. The molecule has 0 saturated carbocycles. The van der Waals surface area contributed by atoms with Crippen molar-refractivity contribution in [2.24, 2.45) is 0 Å². The van der Waals surface area contributed by atoms with Crippen molar-refractivity contribution >= 4 is 23.5 Å². The van der Waals surface area contributed by atoms with Crippen molar-refractivity contribution in [3.05, 3.63) is 88.9 Å². The molecular formula is C23H22N2O5. The summed E-state index contributed by atoms with van der Waals surface area (Å²) in [5, 5.41) is 5.34. The average molecular weight is 406 g/mol. The molecule has 0 atom stereocenters. The van der Waals surface area contributed by atoms with Crippen molar-refractivity contribution in [2.75, 3.05) is 11.9 Å². The minimum absolute atomic E-state index is 0.224. The standard InChI is InChI=1S/C23H22N2O5/c1-15-9-10-18(16(2)12-15)23(28)30-14-21(26)25-20-8-4-3-7-19(20)22(27)24-13-17-6-5-11-29-17/h3-12H,13-14H2,1-2H3,(H,24,27)(H,25,26). The summed E-state index contributed by atoms with van der Waals surface area (Å²) >= 11 is 0. The van der Waals surface area contributed by atoms with Crippen molar-refractivity contribution in [3.8, 4) is 0 Å². The first-order valence-electron chi connectivity index (χ1n) is 9.38. The fourth-order valence-corrected chi connectivity index (χ4v) is 2.90. The number of nitrogens with one attached hydrogen (secondary N) is 2. The number of anilines is 1. The SMILES string of the molecule is Cc1ccc(C(=O)OCC(=O)Nc2ccccc2C(=O)NCc2ccco2)c(C)c1. The molecule has 1 aromatic heterocycles. The summed E-state index contributed by atoms with van der Waals surface area (Å²) in [4.78, 5) is 37.0. The molecule has 2 aromatic carbocycles. The fourth-order valence-electron chi connectivity index (χ4n) is 2.90. The first-order chi connectivity index (χ1) is 14.4. The van der Waals surface area contributed by atoms with Crippen LogP contribution in [0.3, 0.4) is 0 Å². The highest BCUT2D eigenvalue weighted by atomic mass is 16.5. The van der Waals surface area contributed by atoms with E-state index in [4.69, 9.17) is 9.15 Å². The molecule has 0 fully saturated rings. The van der Waals surface area contributed by atoms with Crippen LogP contribution in [0.25, 0.3) is 0 Å². The van der Waals surface area contributed by atoms with Crippen LogP contribution in [-0.2, 0) is 16.1 Å². The van der Waals surface area contributed by atoms with Crippen LogP contribution in [0.15, 0.2) is 65.3 Å². The van der Waals surface area contributed by atoms with E-state index >= 15 is 0 Å². The number of carbonyl (C=O) groups is 3. The Kier molecular flexibility index (Phi) is 6.64. The molecule has 0 aliphatic carbocycles. The van der Waals surface area contributed by atoms with Gasteiger partial charge in [-0.05, 0) is 49.7 Å². The second-order valence-corrected chi connectivity index (χ2v) is 6.75. The normalized spacial score (nSPS) is 10.3. The summed E-state index contributed by atoms with van der Waals surface area (Å²) in [5.41, 5.74) is 2.83. The molecule has 2 N–H and O–H groups in total. The second kappa shape index (κ2) is 9.56. The molecule has 0 aliphatic rings. The van der Waals surface area contributed by atoms with Gasteiger partial charge in [0, 0.05) is 0 Å². The van der Waals surface area contributed by atoms with Gasteiger partial charge >= 0.3 is 5.97 Å². The quantitative estimate of drug-likeness (QED) is 0.584. The number of hydrogen-bond acceptors (Lipinski definition) is 5. The van der Waals surface area contributed by atoms with E-state index in [1.807, 2.05) is 13.0 Å². The Bertz CT molecular complexity index is 1060. The monoisotopic (exact) mass is 406 g/mol. The number of esters is 1. The Hall–Kier alpha value is -3.87. The molecule has 3 aromatic rings. The number of hydrogen-bond donors (Lipinski definition) is 2. The van der Waals surface area contributed by atoms with Gasteiger partial charge in [-0.25, -0.2) is 4.79 Å². The van der Waals surface area contributed by atoms with Crippen LogP contribution in [0.2, 0.25) is 0 Å². The van der Waals surface area contributed by atoms with Gasteiger partial charge in [-0.15, -0.1) is 0 Å². The Morgan fingerprint density at radius 1 is 0.967 bits per heavy atom. The molecule has 3 rings (SSSR count). The van der Waals surface area contributed by atoms with Crippen LogP contribution in [0.5, 0.6) is 0 Å². The molecule has 0 aliphatic heterocycles. The molecule has 0 unspecified atom stereocenters. The van der Waals surface area contributed by atoms with E-state index < -0.39 is 18.5 Å². The van der Waals surface area contributed by atoms with Gasteiger partial charge in [0.2, 0.25) is 0 Å². The van der Waals surface area contributed by atoms with Crippen LogP contribution in [0.1, 0.15) is 37.6 Å². The summed E-state index contributed by atoms with van der Waals surface area (Å²) in [6.07, 6.45) is 1.52. The molecule has 0 radical (unpaired) electrons. The number of amides is 2. The Morgan fingerprint density at radius 2 is 1.77 bits per heavy atom. The molecule has 1 heterocycles. The second-order valence-electron chi connectivity index (χ2n) is 6.75. The zero-order valence-corrected chi connectivity index (χ0v) is 16.7. The van der Waals surface area contributed by atoms with Gasteiger partial charge in [-0.2, -0.15) is 0 Å². The first kappa shape index (κ1) is 20.9. The van der Waals surface area contributed by atoms with Gasteiger partial charge in [-0.1, -0.05) is 29.8 Å². The highest BCUT2D eigenvalue weighted by Gasteiger charge is 2.16. The van der Waals surface area contributed by atoms with Crippen LogP contribution in [0.4, 0.5) is 5.69 Å². The predicted octanol–water partition coefficient (Wildman–Crippen LogP) is 3.62. The molecule has 7 heteroatoms.